The van der Waals surface area contributed by atoms with Crippen molar-refractivity contribution >= 4 is 11.5 Å². The monoisotopic (exact) mass is 284 g/mol. The molecule has 2 aromatic rings. The van der Waals surface area contributed by atoms with Crippen LogP contribution < -0.4 is 15.0 Å². The molecule has 0 saturated heterocycles. The number of nitrogens with zero attached hydrogens (tertiary/aromatic N) is 3. The molecule has 0 aliphatic carbocycles. The van der Waals surface area contributed by atoms with Crippen molar-refractivity contribution in [3.05, 3.63) is 42.2 Å². The van der Waals surface area contributed by atoms with Gasteiger partial charge in [0.25, 0.3) is 0 Å². The van der Waals surface area contributed by atoms with Gasteiger partial charge in [0, 0.05) is 25.3 Å². The van der Waals surface area contributed by atoms with E-state index in [1.54, 1.807) is 12.4 Å². The summed E-state index contributed by atoms with van der Waals surface area (Å²) < 4.78 is 5.59. The van der Waals surface area contributed by atoms with Crippen LogP contribution in [-0.4, -0.2) is 29.7 Å². The van der Waals surface area contributed by atoms with Crippen LogP contribution in [-0.2, 0) is 6.54 Å². The zero-order chi connectivity index (χ0) is 14.5. The largest absolute Gasteiger partial charge is 0.477 e. The zero-order valence-electron chi connectivity index (χ0n) is 12.2. The van der Waals surface area contributed by atoms with Crippen LogP contribution in [0.15, 0.2) is 36.7 Å². The Morgan fingerprint density at radius 3 is 3.10 bits per heavy atom. The second kappa shape index (κ2) is 6.54. The maximum absolute atomic E-state index is 5.59. The third-order valence-electron chi connectivity index (χ3n) is 3.44. The predicted molar refractivity (Wildman–Crippen MR) is 83.0 cm³/mol. The lowest BCUT2D eigenvalue weighted by Crippen LogP contribution is -2.25. The van der Waals surface area contributed by atoms with Crippen molar-refractivity contribution < 1.29 is 4.74 Å². The van der Waals surface area contributed by atoms with Gasteiger partial charge in [0.1, 0.15) is 0 Å². The number of nitrogens with one attached hydrogen (secondary N) is 1. The second-order valence-electron chi connectivity index (χ2n) is 5.02. The second-order valence-corrected chi connectivity index (χ2v) is 5.02. The van der Waals surface area contributed by atoms with Crippen LogP contribution in [0.2, 0.25) is 0 Å². The van der Waals surface area contributed by atoms with Crippen LogP contribution in [0.4, 0.5) is 11.5 Å². The van der Waals surface area contributed by atoms with Gasteiger partial charge in [-0.05, 0) is 18.1 Å². The van der Waals surface area contributed by atoms with Gasteiger partial charge in [0.2, 0.25) is 5.88 Å². The minimum absolute atomic E-state index is 0.587. The molecule has 0 amide bonds. The summed E-state index contributed by atoms with van der Waals surface area (Å²) in [6, 6.07) is 8.40. The first-order valence-corrected chi connectivity index (χ1v) is 7.39. The van der Waals surface area contributed by atoms with Crippen LogP contribution in [0.3, 0.4) is 0 Å². The number of aromatic nitrogens is 2. The summed E-state index contributed by atoms with van der Waals surface area (Å²) in [6.07, 6.45) is 4.42. The number of fused-ring (bicyclic) bond motifs is 1. The van der Waals surface area contributed by atoms with Crippen molar-refractivity contribution in [1.82, 2.24) is 15.3 Å². The molecule has 21 heavy (non-hydrogen) atoms. The van der Waals surface area contributed by atoms with Crippen LogP contribution in [0.25, 0.3) is 0 Å². The highest BCUT2D eigenvalue weighted by Crippen LogP contribution is 2.28. The molecule has 1 aliphatic heterocycles. The number of benzene rings is 1. The zero-order valence-corrected chi connectivity index (χ0v) is 12.2. The van der Waals surface area contributed by atoms with Gasteiger partial charge in [0.05, 0.1) is 19.0 Å². The first kappa shape index (κ1) is 13.8. The highest BCUT2D eigenvalue weighted by molar-refractivity contribution is 5.64. The Hall–Kier alpha value is -2.14. The molecule has 110 valence electrons. The van der Waals surface area contributed by atoms with Gasteiger partial charge in [0.15, 0.2) is 5.82 Å². The molecule has 0 saturated carbocycles. The van der Waals surface area contributed by atoms with Gasteiger partial charge in [-0.15, -0.1) is 0 Å². The van der Waals surface area contributed by atoms with Crippen molar-refractivity contribution in [3.63, 3.8) is 0 Å². The van der Waals surface area contributed by atoms with E-state index in [1.165, 1.54) is 11.3 Å². The van der Waals surface area contributed by atoms with Gasteiger partial charge in [-0.1, -0.05) is 25.1 Å². The molecular formula is C16H20N4O. The van der Waals surface area contributed by atoms with Gasteiger partial charge in [-0.25, -0.2) is 0 Å². The quantitative estimate of drug-likeness (QED) is 0.935. The maximum Gasteiger partial charge on any atom is 0.234 e. The Kier molecular flexibility index (Phi) is 4.31. The standard InChI is InChI=1S/C16H20N4O/c1-2-9-21-16-12-18-11-15(19-16)20-8-7-17-10-13-5-3-4-6-14(13)20/h3-6,11-12,17H,2,7-10H2,1H3. The first-order valence-electron chi connectivity index (χ1n) is 7.39. The van der Waals surface area contributed by atoms with Crippen molar-refractivity contribution in [3.8, 4) is 5.88 Å². The minimum atomic E-state index is 0.587. The average molecular weight is 284 g/mol. The summed E-state index contributed by atoms with van der Waals surface area (Å²) in [4.78, 5) is 11.1. The van der Waals surface area contributed by atoms with Gasteiger partial charge < -0.3 is 15.0 Å². The average Bonchev–Trinajstić information content (AvgIpc) is 2.75. The van der Waals surface area contributed by atoms with E-state index in [-0.39, 0.29) is 0 Å². The molecule has 0 spiro atoms. The summed E-state index contributed by atoms with van der Waals surface area (Å²) in [6.45, 7) is 5.40. The van der Waals surface area contributed by atoms with E-state index in [0.29, 0.717) is 12.5 Å². The highest BCUT2D eigenvalue weighted by atomic mass is 16.5. The van der Waals surface area contributed by atoms with E-state index in [4.69, 9.17) is 4.74 Å². The van der Waals surface area contributed by atoms with Crippen molar-refractivity contribution in [1.29, 1.82) is 0 Å². The molecule has 5 nitrogen and oxygen atoms in total. The Morgan fingerprint density at radius 2 is 2.19 bits per heavy atom. The molecule has 0 unspecified atom stereocenters. The molecule has 0 fully saturated rings. The van der Waals surface area contributed by atoms with Gasteiger partial charge in [-0.2, -0.15) is 4.98 Å². The Bertz CT molecular complexity index is 602. The molecule has 0 radical (unpaired) electrons. The van der Waals surface area contributed by atoms with Crippen molar-refractivity contribution in [2.75, 3.05) is 24.6 Å². The minimum Gasteiger partial charge on any atom is -0.477 e. The third kappa shape index (κ3) is 3.13. The number of anilines is 2. The van der Waals surface area contributed by atoms with Gasteiger partial charge >= 0.3 is 0 Å². The molecule has 1 aliphatic rings. The molecule has 1 aromatic heterocycles. The predicted octanol–water partition coefficient (Wildman–Crippen LogP) is 2.51. The summed E-state index contributed by atoms with van der Waals surface area (Å²) in [5.74, 6) is 1.42. The lowest BCUT2D eigenvalue weighted by atomic mass is 10.1. The molecule has 1 aromatic carbocycles. The molecule has 3 rings (SSSR count). The van der Waals surface area contributed by atoms with Crippen LogP contribution in [0.5, 0.6) is 5.88 Å². The number of rotatable bonds is 4. The van der Waals surface area contributed by atoms with Crippen LogP contribution in [0, 0.1) is 0 Å². The Morgan fingerprint density at radius 1 is 1.29 bits per heavy atom. The molecular weight excluding hydrogens is 264 g/mol. The number of para-hydroxylation sites is 1. The van der Waals surface area contributed by atoms with Crippen molar-refractivity contribution in [2.24, 2.45) is 0 Å². The summed E-state index contributed by atoms with van der Waals surface area (Å²) in [7, 11) is 0. The van der Waals surface area contributed by atoms with Crippen LogP contribution in [0.1, 0.15) is 18.9 Å². The number of ether oxygens (including phenoxy) is 1. The fourth-order valence-corrected chi connectivity index (χ4v) is 2.44. The SMILES string of the molecule is CCCOc1cncc(N2CCNCc3ccccc32)n1. The van der Waals surface area contributed by atoms with Gasteiger partial charge in [-0.3, -0.25) is 4.98 Å². The fraction of sp³-hybridized carbons (Fsp3) is 0.375. The van der Waals surface area contributed by atoms with Crippen LogP contribution >= 0.6 is 0 Å². The fourth-order valence-electron chi connectivity index (χ4n) is 2.44. The molecule has 2 heterocycles. The third-order valence-corrected chi connectivity index (χ3v) is 3.44. The lowest BCUT2D eigenvalue weighted by molar-refractivity contribution is 0.304. The summed E-state index contributed by atoms with van der Waals surface area (Å²) in [5.41, 5.74) is 2.46. The normalized spacial score (nSPS) is 14.4. The van der Waals surface area contributed by atoms with E-state index in [1.807, 2.05) is 0 Å². The van der Waals surface area contributed by atoms with E-state index in [0.717, 1.165) is 31.9 Å². The summed E-state index contributed by atoms with van der Waals surface area (Å²) in [5, 5.41) is 3.43. The van der Waals surface area contributed by atoms with E-state index in [9.17, 15) is 0 Å². The maximum atomic E-state index is 5.59. The van der Waals surface area contributed by atoms with Crippen molar-refractivity contribution in [2.45, 2.75) is 19.9 Å². The Labute approximate surface area is 125 Å². The molecule has 0 atom stereocenters. The number of hydrogen-bond donors (Lipinski definition) is 1. The first-order chi connectivity index (χ1) is 10.4. The smallest absolute Gasteiger partial charge is 0.234 e. The molecule has 5 heteroatoms. The highest BCUT2D eigenvalue weighted by Gasteiger charge is 2.17. The summed E-state index contributed by atoms with van der Waals surface area (Å²) >= 11 is 0. The Balaban J connectivity index is 1.92. The number of hydrogen-bond acceptors (Lipinski definition) is 5. The molecule has 1 N–H and O–H groups in total. The van der Waals surface area contributed by atoms with E-state index in [2.05, 4.69) is 51.4 Å². The molecule has 0 bridgehead atoms. The van der Waals surface area contributed by atoms with E-state index < -0.39 is 0 Å². The lowest BCUT2D eigenvalue weighted by Gasteiger charge is -2.23. The topological polar surface area (TPSA) is 50.3 Å². The van der Waals surface area contributed by atoms with E-state index >= 15 is 0 Å².